The lowest BCUT2D eigenvalue weighted by atomic mass is 10.0. The fourth-order valence-corrected chi connectivity index (χ4v) is 2.97. The maximum atomic E-state index is 3.65. The van der Waals surface area contributed by atoms with Crippen LogP contribution in [0.1, 0.15) is 111 Å². The lowest BCUT2D eigenvalue weighted by Crippen LogP contribution is -2.28. The van der Waals surface area contributed by atoms with Gasteiger partial charge in [0.2, 0.25) is 0 Å². The Kier molecular flexibility index (Phi) is 17.0. The highest BCUT2D eigenvalue weighted by Gasteiger charge is 2.05. The van der Waals surface area contributed by atoms with Gasteiger partial charge in [0.15, 0.2) is 0 Å². The van der Waals surface area contributed by atoms with Crippen LogP contribution in [0.25, 0.3) is 0 Å². The van der Waals surface area contributed by atoms with Gasteiger partial charge in [-0.1, -0.05) is 97.8 Å². The third-order valence-corrected chi connectivity index (χ3v) is 4.31. The van der Waals surface area contributed by atoms with Crippen LogP contribution in [-0.4, -0.2) is 12.6 Å². The standard InChI is InChI=1S/C19H41N/c1-4-7-9-10-11-12-13-14-15-16-18-19(20-6-3)17-8-5-2/h19-20H,4-18H2,1-3H3. The summed E-state index contributed by atoms with van der Waals surface area (Å²) in [4.78, 5) is 0. The first kappa shape index (κ1) is 20.0. The first-order chi connectivity index (χ1) is 9.85. The van der Waals surface area contributed by atoms with E-state index < -0.39 is 0 Å². The van der Waals surface area contributed by atoms with E-state index in [1.807, 2.05) is 0 Å². The van der Waals surface area contributed by atoms with Crippen LogP contribution in [0, 0.1) is 0 Å². The zero-order valence-electron chi connectivity index (χ0n) is 14.7. The summed E-state index contributed by atoms with van der Waals surface area (Å²) in [5.74, 6) is 0. The van der Waals surface area contributed by atoms with Crippen molar-refractivity contribution in [3.63, 3.8) is 0 Å². The van der Waals surface area contributed by atoms with Crippen molar-refractivity contribution in [2.45, 2.75) is 117 Å². The molecule has 122 valence electrons. The van der Waals surface area contributed by atoms with E-state index in [1.54, 1.807) is 0 Å². The maximum absolute atomic E-state index is 3.65. The molecule has 20 heavy (non-hydrogen) atoms. The highest BCUT2D eigenvalue weighted by atomic mass is 14.9. The molecule has 0 aliphatic rings. The van der Waals surface area contributed by atoms with E-state index in [1.165, 1.54) is 89.9 Å². The van der Waals surface area contributed by atoms with Gasteiger partial charge < -0.3 is 5.32 Å². The van der Waals surface area contributed by atoms with Gasteiger partial charge in [0.05, 0.1) is 0 Å². The fraction of sp³-hybridized carbons (Fsp3) is 1.00. The zero-order valence-corrected chi connectivity index (χ0v) is 14.7. The van der Waals surface area contributed by atoms with Crippen LogP contribution in [0.15, 0.2) is 0 Å². The van der Waals surface area contributed by atoms with Crippen LogP contribution in [0.5, 0.6) is 0 Å². The lowest BCUT2D eigenvalue weighted by Gasteiger charge is -2.17. The summed E-state index contributed by atoms with van der Waals surface area (Å²) < 4.78 is 0. The smallest absolute Gasteiger partial charge is 0.00669 e. The molecule has 0 spiro atoms. The normalized spacial score (nSPS) is 12.8. The Morgan fingerprint density at radius 3 is 1.50 bits per heavy atom. The van der Waals surface area contributed by atoms with Crippen molar-refractivity contribution < 1.29 is 0 Å². The second-order valence-corrected chi connectivity index (χ2v) is 6.37. The van der Waals surface area contributed by atoms with Crippen LogP contribution in [0.3, 0.4) is 0 Å². The van der Waals surface area contributed by atoms with Crippen molar-refractivity contribution >= 4 is 0 Å². The van der Waals surface area contributed by atoms with Crippen molar-refractivity contribution in [1.29, 1.82) is 0 Å². The van der Waals surface area contributed by atoms with E-state index in [2.05, 4.69) is 26.1 Å². The average Bonchev–Trinajstić information content (AvgIpc) is 2.46. The summed E-state index contributed by atoms with van der Waals surface area (Å²) in [7, 11) is 0. The van der Waals surface area contributed by atoms with Gasteiger partial charge in [-0.3, -0.25) is 0 Å². The van der Waals surface area contributed by atoms with Gasteiger partial charge in [-0.2, -0.15) is 0 Å². The van der Waals surface area contributed by atoms with E-state index in [0.29, 0.717) is 0 Å². The van der Waals surface area contributed by atoms with Crippen molar-refractivity contribution in [1.82, 2.24) is 5.32 Å². The molecule has 0 saturated heterocycles. The molecule has 0 rings (SSSR count). The SMILES string of the molecule is CCCCCCCCCCCCC(CCCC)NCC. The van der Waals surface area contributed by atoms with Crippen LogP contribution < -0.4 is 5.32 Å². The second kappa shape index (κ2) is 17.0. The third-order valence-electron chi connectivity index (χ3n) is 4.31. The largest absolute Gasteiger partial charge is 0.314 e. The van der Waals surface area contributed by atoms with Gasteiger partial charge in [0, 0.05) is 6.04 Å². The second-order valence-electron chi connectivity index (χ2n) is 6.37. The maximum Gasteiger partial charge on any atom is 0.00669 e. The molecular weight excluding hydrogens is 242 g/mol. The molecule has 0 aliphatic carbocycles. The Morgan fingerprint density at radius 2 is 1.00 bits per heavy atom. The van der Waals surface area contributed by atoms with Crippen LogP contribution in [0.2, 0.25) is 0 Å². The molecule has 0 heterocycles. The Bertz CT molecular complexity index is 167. The van der Waals surface area contributed by atoms with E-state index >= 15 is 0 Å². The Hall–Kier alpha value is -0.0400. The first-order valence-electron chi connectivity index (χ1n) is 9.58. The Labute approximate surface area is 129 Å². The van der Waals surface area contributed by atoms with Crippen molar-refractivity contribution in [2.75, 3.05) is 6.54 Å². The minimum atomic E-state index is 0.786. The number of nitrogens with one attached hydrogen (secondary N) is 1. The van der Waals surface area contributed by atoms with Gasteiger partial charge in [-0.25, -0.2) is 0 Å². The molecule has 1 heteroatoms. The predicted molar refractivity (Wildman–Crippen MR) is 93.5 cm³/mol. The molecule has 0 radical (unpaired) electrons. The summed E-state index contributed by atoms with van der Waals surface area (Å²) in [6.07, 6.45) is 19.9. The fourth-order valence-electron chi connectivity index (χ4n) is 2.97. The highest BCUT2D eigenvalue weighted by molar-refractivity contribution is 4.66. The first-order valence-corrected chi connectivity index (χ1v) is 9.58. The molecule has 0 amide bonds. The molecular formula is C19H41N. The van der Waals surface area contributed by atoms with Gasteiger partial charge in [0.25, 0.3) is 0 Å². The average molecular weight is 284 g/mol. The highest BCUT2D eigenvalue weighted by Crippen LogP contribution is 2.13. The van der Waals surface area contributed by atoms with E-state index in [-0.39, 0.29) is 0 Å². The number of hydrogen-bond donors (Lipinski definition) is 1. The van der Waals surface area contributed by atoms with Gasteiger partial charge >= 0.3 is 0 Å². The lowest BCUT2D eigenvalue weighted by molar-refractivity contribution is 0.426. The van der Waals surface area contributed by atoms with Crippen molar-refractivity contribution in [3.05, 3.63) is 0 Å². The molecule has 0 saturated carbocycles. The summed E-state index contributed by atoms with van der Waals surface area (Å²) in [6.45, 7) is 7.95. The van der Waals surface area contributed by atoms with Crippen molar-refractivity contribution in [3.8, 4) is 0 Å². The molecule has 1 nitrogen and oxygen atoms in total. The Balaban J connectivity index is 3.27. The summed E-state index contributed by atoms with van der Waals surface area (Å²) in [5.41, 5.74) is 0. The number of hydrogen-bond acceptors (Lipinski definition) is 1. The molecule has 0 aliphatic heterocycles. The van der Waals surface area contributed by atoms with Gasteiger partial charge in [-0.15, -0.1) is 0 Å². The number of unbranched alkanes of at least 4 members (excludes halogenated alkanes) is 10. The zero-order chi connectivity index (χ0) is 14.9. The van der Waals surface area contributed by atoms with Gasteiger partial charge in [-0.05, 0) is 19.4 Å². The van der Waals surface area contributed by atoms with Crippen LogP contribution >= 0.6 is 0 Å². The van der Waals surface area contributed by atoms with Crippen molar-refractivity contribution in [2.24, 2.45) is 0 Å². The third kappa shape index (κ3) is 14.4. The minimum absolute atomic E-state index is 0.786. The molecule has 0 aromatic rings. The molecule has 1 atom stereocenters. The molecule has 0 fully saturated rings. The molecule has 0 bridgehead atoms. The molecule has 1 N–H and O–H groups in total. The predicted octanol–water partition coefficient (Wildman–Crippen LogP) is 6.47. The summed E-state index contributed by atoms with van der Waals surface area (Å²) in [5, 5.41) is 3.65. The quantitative estimate of drug-likeness (QED) is 0.320. The Morgan fingerprint density at radius 1 is 0.550 bits per heavy atom. The molecule has 1 unspecified atom stereocenters. The van der Waals surface area contributed by atoms with Crippen LogP contribution in [0.4, 0.5) is 0 Å². The van der Waals surface area contributed by atoms with E-state index in [4.69, 9.17) is 0 Å². The summed E-state index contributed by atoms with van der Waals surface area (Å²) in [6, 6.07) is 0.786. The monoisotopic (exact) mass is 283 g/mol. The summed E-state index contributed by atoms with van der Waals surface area (Å²) >= 11 is 0. The van der Waals surface area contributed by atoms with Gasteiger partial charge in [0.1, 0.15) is 0 Å². The van der Waals surface area contributed by atoms with Crippen LogP contribution in [-0.2, 0) is 0 Å². The topological polar surface area (TPSA) is 12.0 Å². The number of rotatable bonds is 16. The molecule has 0 aromatic heterocycles. The van der Waals surface area contributed by atoms with E-state index in [9.17, 15) is 0 Å². The molecule has 0 aromatic carbocycles. The minimum Gasteiger partial charge on any atom is -0.314 e. The van der Waals surface area contributed by atoms with E-state index in [0.717, 1.165) is 12.6 Å².